The van der Waals surface area contributed by atoms with E-state index >= 15 is 0 Å². The highest BCUT2D eigenvalue weighted by atomic mass is 32.2. The lowest BCUT2D eigenvalue weighted by molar-refractivity contribution is 0.0950. The number of hydrogen-bond donors (Lipinski definition) is 1. The number of carbonyl (C=O) groups excluding carboxylic acids is 2. The SMILES string of the molecule is O=C1CCSc2c1cccc2C(=O)NCCCc1ccccc1. The maximum atomic E-state index is 12.4. The first-order valence-corrected chi connectivity index (χ1v) is 8.85. The number of hydrogen-bond acceptors (Lipinski definition) is 3. The standard InChI is InChI=1S/C19H19NO2S/c21-17-11-13-23-18-15(17)9-4-10-16(18)19(22)20-12-5-8-14-6-2-1-3-7-14/h1-4,6-7,9-10H,5,8,11-13H2,(H,20,22). The molecule has 3 nitrogen and oxygen atoms in total. The third-order valence-electron chi connectivity index (χ3n) is 3.91. The highest BCUT2D eigenvalue weighted by Crippen LogP contribution is 2.32. The summed E-state index contributed by atoms with van der Waals surface area (Å²) >= 11 is 1.60. The zero-order valence-corrected chi connectivity index (χ0v) is 13.7. The van der Waals surface area contributed by atoms with Crippen molar-refractivity contribution in [3.8, 4) is 0 Å². The lowest BCUT2D eigenvalue weighted by Gasteiger charge is -2.17. The quantitative estimate of drug-likeness (QED) is 0.852. The molecule has 0 aliphatic carbocycles. The summed E-state index contributed by atoms with van der Waals surface area (Å²) < 4.78 is 0. The second kappa shape index (κ2) is 7.47. The van der Waals surface area contributed by atoms with Crippen molar-refractivity contribution in [1.82, 2.24) is 5.32 Å². The Hall–Kier alpha value is -2.07. The van der Waals surface area contributed by atoms with Crippen molar-refractivity contribution < 1.29 is 9.59 Å². The van der Waals surface area contributed by atoms with E-state index in [1.165, 1.54) is 5.56 Å². The van der Waals surface area contributed by atoms with E-state index in [0.717, 1.165) is 23.5 Å². The minimum Gasteiger partial charge on any atom is -0.352 e. The van der Waals surface area contributed by atoms with Crippen molar-refractivity contribution in [2.24, 2.45) is 0 Å². The fourth-order valence-corrected chi connectivity index (χ4v) is 3.85. The van der Waals surface area contributed by atoms with Crippen molar-refractivity contribution in [3.63, 3.8) is 0 Å². The van der Waals surface area contributed by atoms with Crippen LogP contribution in [0, 0.1) is 0 Å². The number of amides is 1. The topological polar surface area (TPSA) is 46.2 Å². The van der Waals surface area contributed by atoms with Crippen LogP contribution >= 0.6 is 11.8 Å². The largest absolute Gasteiger partial charge is 0.352 e. The fourth-order valence-electron chi connectivity index (χ4n) is 2.71. The Morgan fingerprint density at radius 3 is 2.74 bits per heavy atom. The van der Waals surface area contributed by atoms with E-state index in [9.17, 15) is 9.59 Å². The molecule has 1 aliphatic heterocycles. The summed E-state index contributed by atoms with van der Waals surface area (Å²) in [6.45, 7) is 0.635. The van der Waals surface area contributed by atoms with Gasteiger partial charge in [0.15, 0.2) is 5.78 Å². The van der Waals surface area contributed by atoms with Crippen LogP contribution in [-0.4, -0.2) is 24.0 Å². The van der Waals surface area contributed by atoms with Gasteiger partial charge in [-0.25, -0.2) is 0 Å². The van der Waals surface area contributed by atoms with Crippen molar-refractivity contribution in [3.05, 3.63) is 65.2 Å². The van der Waals surface area contributed by atoms with Crippen LogP contribution in [0.1, 0.15) is 39.1 Å². The van der Waals surface area contributed by atoms with Gasteiger partial charge in [0.05, 0.1) is 5.56 Å². The van der Waals surface area contributed by atoms with Crippen LogP contribution in [0.5, 0.6) is 0 Å². The first kappa shape index (κ1) is 15.8. The number of ketones is 1. The molecule has 0 atom stereocenters. The summed E-state index contributed by atoms with van der Waals surface area (Å²) in [5.41, 5.74) is 2.60. The maximum Gasteiger partial charge on any atom is 0.252 e. The minimum absolute atomic E-state index is 0.0860. The van der Waals surface area contributed by atoms with Gasteiger partial charge in [0.25, 0.3) is 5.91 Å². The summed E-state index contributed by atoms with van der Waals surface area (Å²) in [6, 6.07) is 15.7. The highest BCUT2D eigenvalue weighted by molar-refractivity contribution is 7.99. The van der Waals surface area contributed by atoms with Gasteiger partial charge in [0, 0.05) is 29.2 Å². The van der Waals surface area contributed by atoms with Gasteiger partial charge in [-0.3, -0.25) is 9.59 Å². The molecule has 0 bridgehead atoms. The number of fused-ring (bicyclic) bond motifs is 1. The van der Waals surface area contributed by atoms with Crippen LogP contribution in [-0.2, 0) is 6.42 Å². The summed E-state index contributed by atoms with van der Waals surface area (Å²) in [6.07, 6.45) is 2.40. The fraction of sp³-hybridized carbons (Fsp3) is 0.263. The molecule has 0 unspecified atom stereocenters. The lowest BCUT2D eigenvalue weighted by atomic mass is 10.0. The number of aryl methyl sites for hydroxylation is 1. The Kier molecular flexibility index (Phi) is 5.13. The summed E-state index contributed by atoms with van der Waals surface area (Å²) in [4.78, 5) is 25.2. The Labute approximate surface area is 140 Å². The molecule has 1 heterocycles. The first-order chi connectivity index (χ1) is 11.3. The third-order valence-corrected chi connectivity index (χ3v) is 5.04. The predicted molar refractivity (Wildman–Crippen MR) is 93.2 cm³/mol. The third kappa shape index (κ3) is 3.82. The minimum atomic E-state index is -0.0860. The van der Waals surface area contributed by atoms with E-state index in [-0.39, 0.29) is 11.7 Å². The van der Waals surface area contributed by atoms with Gasteiger partial charge in [-0.1, -0.05) is 42.5 Å². The average Bonchev–Trinajstić information content (AvgIpc) is 2.59. The smallest absolute Gasteiger partial charge is 0.252 e. The maximum absolute atomic E-state index is 12.4. The summed E-state index contributed by atoms with van der Waals surface area (Å²) in [7, 11) is 0. The molecule has 2 aromatic carbocycles. The van der Waals surface area contributed by atoms with Crippen LogP contribution in [0.15, 0.2) is 53.4 Å². The van der Waals surface area contributed by atoms with Gasteiger partial charge in [-0.05, 0) is 24.5 Å². The average molecular weight is 325 g/mol. The first-order valence-electron chi connectivity index (χ1n) is 7.87. The molecule has 0 aromatic heterocycles. The molecule has 1 amide bonds. The molecule has 0 radical (unpaired) electrons. The molecule has 1 N–H and O–H groups in total. The highest BCUT2D eigenvalue weighted by Gasteiger charge is 2.22. The van der Waals surface area contributed by atoms with Gasteiger partial charge in [0.2, 0.25) is 0 Å². The molecule has 0 saturated heterocycles. The van der Waals surface area contributed by atoms with Gasteiger partial charge in [-0.2, -0.15) is 0 Å². The second-order valence-corrected chi connectivity index (χ2v) is 6.65. The Morgan fingerprint density at radius 1 is 1.09 bits per heavy atom. The number of Topliss-reactive ketones (excluding diaryl/α,β-unsaturated/α-hetero) is 1. The van der Waals surface area contributed by atoms with Gasteiger partial charge in [-0.15, -0.1) is 11.8 Å². The number of thioether (sulfide) groups is 1. The van der Waals surface area contributed by atoms with E-state index in [4.69, 9.17) is 0 Å². The van der Waals surface area contributed by atoms with Crippen LogP contribution in [0.3, 0.4) is 0 Å². The van der Waals surface area contributed by atoms with Crippen molar-refractivity contribution in [2.45, 2.75) is 24.2 Å². The molecule has 4 heteroatoms. The normalized spacial score (nSPS) is 13.5. The molecule has 118 valence electrons. The molecule has 0 fully saturated rings. The van der Waals surface area contributed by atoms with E-state index in [1.807, 2.05) is 24.3 Å². The van der Waals surface area contributed by atoms with Crippen molar-refractivity contribution in [2.75, 3.05) is 12.3 Å². The van der Waals surface area contributed by atoms with Crippen LogP contribution < -0.4 is 5.32 Å². The van der Waals surface area contributed by atoms with E-state index in [2.05, 4.69) is 17.4 Å². The van der Waals surface area contributed by atoms with Crippen LogP contribution in [0.2, 0.25) is 0 Å². The van der Waals surface area contributed by atoms with Gasteiger partial charge >= 0.3 is 0 Å². The second-order valence-electron chi connectivity index (χ2n) is 5.55. The lowest BCUT2D eigenvalue weighted by Crippen LogP contribution is -2.26. The number of carbonyl (C=O) groups is 2. The van der Waals surface area contributed by atoms with Crippen molar-refractivity contribution >= 4 is 23.5 Å². The summed E-state index contributed by atoms with van der Waals surface area (Å²) in [5.74, 6) is 0.805. The van der Waals surface area contributed by atoms with E-state index in [0.29, 0.717) is 24.1 Å². The van der Waals surface area contributed by atoms with Gasteiger partial charge in [0.1, 0.15) is 0 Å². The van der Waals surface area contributed by atoms with Crippen LogP contribution in [0.25, 0.3) is 0 Å². The van der Waals surface area contributed by atoms with E-state index in [1.54, 1.807) is 23.9 Å². The molecule has 3 rings (SSSR count). The molecule has 0 spiro atoms. The van der Waals surface area contributed by atoms with Crippen LogP contribution in [0.4, 0.5) is 0 Å². The summed E-state index contributed by atoms with van der Waals surface area (Å²) in [5, 5.41) is 2.97. The number of rotatable bonds is 5. The number of nitrogens with one attached hydrogen (secondary N) is 1. The molecule has 0 saturated carbocycles. The molecule has 2 aromatic rings. The number of benzene rings is 2. The monoisotopic (exact) mass is 325 g/mol. The zero-order valence-electron chi connectivity index (χ0n) is 12.9. The molecular weight excluding hydrogens is 306 g/mol. The molecule has 1 aliphatic rings. The van der Waals surface area contributed by atoms with Gasteiger partial charge < -0.3 is 5.32 Å². The Balaban J connectivity index is 1.59. The molecular formula is C19H19NO2S. The predicted octanol–water partition coefficient (Wildman–Crippen LogP) is 3.73. The molecule has 23 heavy (non-hydrogen) atoms. The zero-order chi connectivity index (χ0) is 16.1. The van der Waals surface area contributed by atoms with Crippen molar-refractivity contribution in [1.29, 1.82) is 0 Å². The Bertz CT molecular complexity index is 713. The Morgan fingerprint density at radius 2 is 1.91 bits per heavy atom. The van der Waals surface area contributed by atoms with E-state index < -0.39 is 0 Å².